The number of benzene rings is 3. The van der Waals surface area contributed by atoms with Gasteiger partial charge in [-0.25, -0.2) is 0 Å². The predicted molar refractivity (Wildman–Crippen MR) is 111 cm³/mol. The van der Waals surface area contributed by atoms with Gasteiger partial charge in [-0.15, -0.1) is 0 Å². The first-order chi connectivity index (χ1) is 12.2. The maximum absolute atomic E-state index is 2.40. The Labute approximate surface area is 151 Å². The molecule has 1 aromatic heterocycles. The monoisotopic (exact) mass is 341 g/mol. The minimum Gasteiger partial charge on any atom is -0.351 e. The van der Waals surface area contributed by atoms with Gasteiger partial charge in [-0.2, -0.15) is 0 Å². The second-order valence-corrected chi connectivity index (χ2v) is 10.1. The van der Waals surface area contributed by atoms with Crippen molar-refractivity contribution in [2.75, 3.05) is 0 Å². The Morgan fingerprint density at radius 1 is 0.760 bits per heavy atom. The maximum Gasteiger partial charge on any atom is 0.110 e. The quantitative estimate of drug-likeness (QED) is 0.497. The molecule has 0 saturated carbocycles. The summed E-state index contributed by atoms with van der Waals surface area (Å²) in [5.41, 5.74) is 3.28. The highest BCUT2D eigenvalue weighted by atomic mass is 28.3. The normalized spacial score (nSPS) is 12.6. The van der Waals surface area contributed by atoms with Crippen molar-refractivity contribution >= 4 is 30.1 Å². The van der Waals surface area contributed by atoms with E-state index in [2.05, 4.69) is 110 Å². The molecule has 1 unspecified atom stereocenters. The first-order valence-corrected chi connectivity index (χ1v) is 10.7. The van der Waals surface area contributed by atoms with E-state index in [1.807, 2.05) is 0 Å². The lowest BCUT2D eigenvalue weighted by molar-refractivity contribution is 0.968. The number of aromatic nitrogens is 1. The topological polar surface area (TPSA) is 4.93 Å². The molecule has 3 aromatic carbocycles. The number of aryl methyl sites for hydroxylation is 1. The average Bonchev–Trinajstić information content (AvgIpc) is 3.04. The van der Waals surface area contributed by atoms with E-state index < -0.39 is 8.80 Å². The molecule has 0 amide bonds. The van der Waals surface area contributed by atoms with Gasteiger partial charge in [-0.1, -0.05) is 84.0 Å². The van der Waals surface area contributed by atoms with Crippen molar-refractivity contribution in [3.63, 3.8) is 0 Å². The highest BCUT2D eigenvalue weighted by molar-refractivity contribution is 6.86. The van der Waals surface area contributed by atoms with Crippen molar-refractivity contribution in [2.24, 2.45) is 7.05 Å². The molecule has 0 aliphatic rings. The zero-order valence-corrected chi connectivity index (χ0v) is 15.9. The standard InChI is InChI=1S/C23H23NSi/c1-18(19-13-14-23-20(17-19)15-16-24(23)2)25(21-9-5-3-6-10-21)22-11-7-4-8-12-22/h3-18,25H,1-2H3. The number of hydrogen-bond donors (Lipinski definition) is 0. The molecule has 0 aliphatic carbocycles. The van der Waals surface area contributed by atoms with Crippen LogP contribution in [-0.2, 0) is 7.05 Å². The molecule has 0 bridgehead atoms. The molecule has 2 heteroatoms. The van der Waals surface area contributed by atoms with E-state index >= 15 is 0 Å². The Morgan fingerprint density at radius 3 is 1.96 bits per heavy atom. The molecule has 0 fully saturated rings. The molecule has 0 spiro atoms. The van der Waals surface area contributed by atoms with Crippen molar-refractivity contribution in [2.45, 2.75) is 12.5 Å². The smallest absolute Gasteiger partial charge is 0.110 e. The molecular formula is C23H23NSi. The van der Waals surface area contributed by atoms with Crippen LogP contribution in [0.25, 0.3) is 10.9 Å². The Bertz CT molecular complexity index is 933. The Hall–Kier alpha value is -2.58. The van der Waals surface area contributed by atoms with E-state index in [4.69, 9.17) is 0 Å². The SMILES string of the molecule is CC(c1ccc2c(ccn2C)c1)[SiH](c1ccccc1)c1ccccc1. The second-order valence-electron chi connectivity index (χ2n) is 6.83. The molecule has 124 valence electrons. The van der Waals surface area contributed by atoms with E-state index in [1.165, 1.54) is 26.8 Å². The number of fused-ring (bicyclic) bond motifs is 1. The molecular weight excluding hydrogens is 318 g/mol. The van der Waals surface area contributed by atoms with E-state index in [-0.39, 0.29) is 0 Å². The van der Waals surface area contributed by atoms with Crippen LogP contribution in [0.2, 0.25) is 0 Å². The van der Waals surface area contributed by atoms with Gasteiger partial charge in [0.05, 0.1) is 0 Å². The van der Waals surface area contributed by atoms with Crippen molar-refractivity contribution in [1.29, 1.82) is 0 Å². The largest absolute Gasteiger partial charge is 0.351 e. The molecule has 0 saturated heterocycles. The van der Waals surface area contributed by atoms with Crippen LogP contribution < -0.4 is 10.4 Å². The third kappa shape index (κ3) is 3.05. The third-order valence-corrected chi connectivity index (χ3v) is 8.84. The van der Waals surface area contributed by atoms with Gasteiger partial charge in [0, 0.05) is 18.8 Å². The van der Waals surface area contributed by atoms with E-state index in [0.717, 1.165) is 0 Å². The first-order valence-electron chi connectivity index (χ1n) is 8.89. The van der Waals surface area contributed by atoms with Gasteiger partial charge in [0.1, 0.15) is 8.80 Å². The molecule has 4 rings (SSSR count). The zero-order valence-electron chi connectivity index (χ0n) is 14.8. The maximum atomic E-state index is 2.40. The van der Waals surface area contributed by atoms with Crippen LogP contribution in [0.5, 0.6) is 0 Å². The van der Waals surface area contributed by atoms with Crippen LogP contribution in [0, 0.1) is 0 Å². The molecule has 1 heterocycles. The number of nitrogens with zero attached hydrogens (tertiary/aromatic N) is 1. The van der Waals surface area contributed by atoms with Crippen LogP contribution >= 0.6 is 0 Å². The van der Waals surface area contributed by atoms with Crippen LogP contribution in [-0.4, -0.2) is 13.4 Å². The highest BCUT2D eigenvalue weighted by Crippen LogP contribution is 2.24. The Kier molecular flexibility index (Phi) is 4.29. The van der Waals surface area contributed by atoms with E-state index in [0.29, 0.717) is 5.54 Å². The van der Waals surface area contributed by atoms with Crippen LogP contribution in [0.4, 0.5) is 0 Å². The molecule has 1 atom stereocenters. The van der Waals surface area contributed by atoms with E-state index in [1.54, 1.807) is 0 Å². The van der Waals surface area contributed by atoms with Gasteiger partial charge in [-0.05, 0) is 34.7 Å². The molecule has 25 heavy (non-hydrogen) atoms. The van der Waals surface area contributed by atoms with Crippen molar-refractivity contribution in [3.05, 3.63) is 96.7 Å². The summed E-state index contributed by atoms with van der Waals surface area (Å²) in [6.45, 7) is 2.40. The molecule has 0 N–H and O–H groups in total. The summed E-state index contributed by atoms with van der Waals surface area (Å²) >= 11 is 0. The fourth-order valence-electron chi connectivity index (χ4n) is 3.87. The molecule has 0 aliphatic heterocycles. The van der Waals surface area contributed by atoms with Gasteiger partial charge in [-0.3, -0.25) is 0 Å². The van der Waals surface area contributed by atoms with Gasteiger partial charge < -0.3 is 4.57 Å². The molecule has 0 radical (unpaired) electrons. The lowest BCUT2D eigenvalue weighted by Crippen LogP contribution is -2.46. The lowest BCUT2D eigenvalue weighted by atomic mass is 10.1. The fourth-order valence-corrected chi connectivity index (χ4v) is 7.27. The summed E-state index contributed by atoms with van der Waals surface area (Å²) in [6, 6.07) is 31.3. The highest BCUT2D eigenvalue weighted by Gasteiger charge is 2.24. The summed E-state index contributed by atoms with van der Waals surface area (Å²) in [6.07, 6.45) is 2.14. The molecule has 4 aromatic rings. The number of rotatable bonds is 4. The first kappa shape index (κ1) is 15.9. The van der Waals surface area contributed by atoms with Crippen molar-refractivity contribution < 1.29 is 0 Å². The molecule has 1 nitrogen and oxygen atoms in total. The van der Waals surface area contributed by atoms with Crippen LogP contribution in [0.3, 0.4) is 0 Å². The fraction of sp³-hybridized carbons (Fsp3) is 0.130. The van der Waals surface area contributed by atoms with Crippen LogP contribution in [0.15, 0.2) is 91.1 Å². The second kappa shape index (κ2) is 6.73. The third-order valence-electron chi connectivity index (χ3n) is 5.25. The summed E-state index contributed by atoms with van der Waals surface area (Å²) in [7, 11) is 0.757. The Morgan fingerprint density at radius 2 is 1.36 bits per heavy atom. The average molecular weight is 342 g/mol. The lowest BCUT2D eigenvalue weighted by Gasteiger charge is -2.24. The summed E-state index contributed by atoms with van der Waals surface area (Å²) < 4.78 is 2.19. The minimum atomic E-state index is -1.35. The zero-order chi connectivity index (χ0) is 17.2. The summed E-state index contributed by atoms with van der Waals surface area (Å²) in [4.78, 5) is 0. The van der Waals surface area contributed by atoms with Gasteiger partial charge in [0.25, 0.3) is 0 Å². The number of hydrogen-bond acceptors (Lipinski definition) is 0. The van der Waals surface area contributed by atoms with Crippen LogP contribution in [0.1, 0.15) is 18.0 Å². The van der Waals surface area contributed by atoms with Gasteiger partial charge in [0.2, 0.25) is 0 Å². The summed E-state index contributed by atoms with van der Waals surface area (Å²) in [5.74, 6) is 0. The summed E-state index contributed by atoms with van der Waals surface area (Å²) in [5, 5.41) is 4.35. The minimum absolute atomic E-state index is 0.536. The van der Waals surface area contributed by atoms with Gasteiger partial charge >= 0.3 is 0 Å². The van der Waals surface area contributed by atoms with E-state index in [9.17, 15) is 0 Å². The van der Waals surface area contributed by atoms with Gasteiger partial charge in [0.15, 0.2) is 0 Å². The van der Waals surface area contributed by atoms with Crippen molar-refractivity contribution in [1.82, 2.24) is 4.57 Å². The predicted octanol–water partition coefficient (Wildman–Crippen LogP) is 3.86. The Balaban J connectivity index is 1.80. The van der Waals surface area contributed by atoms with Crippen molar-refractivity contribution in [3.8, 4) is 0 Å².